The number of carbonyl (C=O) groups is 1. The van der Waals surface area contributed by atoms with E-state index in [4.69, 9.17) is 14.2 Å². The van der Waals surface area contributed by atoms with Gasteiger partial charge in [-0.15, -0.1) is 0 Å². The molecule has 0 fully saturated rings. The number of nitrogens with one attached hydrogen (secondary N) is 1. The SMILES string of the molecule is COc1ccc(C(CNC(=O)c2cn(C)nc2-c2ccc3c(c2)OCCCO3)N(C)C)cc1. The lowest BCUT2D eigenvalue weighted by Crippen LogP contribution is -2.34. The van der Waals surface area contributed by atoms with E-state index in [1.165, 1.54) is 0 Å². The van der Waals surface area contributed by atoms with Crippen LogP contribution < -0.4 is 19.5 Å². The number of hydrogen-bond acceptors (Lipinski definition) is 6. The number of hydrogen-bond donors (Lipinski definition) is 1. The molecule has 2 aromatic carbocycles. The molecular weight excluding hydrogens is 420 g/mol. The third-order valence-electron chi connectivity index (χ3n) is 5.67. The van der Waals surface area contributed by atoms with Crippen molar-refractivity contribution >= 4 is 5.91 Å². The van der Waals surface area contributed by atoms with E-state index in [9.17, 15) is 4.79 Å². The van der Waals surface area contributed by atoms with Crippen LogP contribution in [-0.4, -0.2) is 61.6 Å². The number of aryl methyl sites for hydroxylation is 1. The van der Waals surface area contributed by atoms with Gasteiger partial charge in [-0.2, -0.15) is 5.10 Å². The van der Waals surface area contributed by atoms with Gasteiger partial charge in [-0.3, -0.25) is 9.48 Å². The van der Waals surface area contributed by atoms with Gasteiger partial charge in [0.1, 0.15) is 11.4 Å². The van der Waals surface area contributed by atoms with Crippen LogP contribution in [0.25, 0.3) is 11.3 Å². The van der Waals surface area contributed by atoms with Gasteiger partial charge in [-0.1, -0.05) is 12.1 Å². The fourth-order valence-corrected chi connectivity index (χ4v) is 3.89. The van der Waals surface area contributed by atoms with E-state index >= 15 is 0 Å². The minimum Gasteiger partial charge on any atom is -0.497 e. The van der Waals surface area contributed by atoms with Gasteiger partial charge in [0.05, 0.1) is 31.9 Å². The molecule has 1 aromatic heterocycles. The van der Waals surface area contributed by atoms with Gasteiger partial charge in [0.15, 0.2) is 11.5 Å². The number of amides is 1. The molecule has 0 radical (unpaired) electrons. The lowest BCUT2D eigenvalue weighted by molar-refractivity contribution is 0.0942. The van der Waals surface area contributed by atoms with Gasteiger partial charge in [-0.05, 0) is 50.0 Å². The predicted octanol–water partition coefficient (Wildman–Crippen LogP) is 3.29. The fraction of sp³-hybridized carbons (Fsp3) is 0.360. The Hall–Kier alpha value is -3.52. The molecular formula is C25H30N4O4. The number of methoxy groups -OCH3 is 1. The molecule has 1 aliphatic rings. The summed E-state index contributed by atoms with van der Waals surface area (Å²) in [6.07, 6.45) is 2.58. The maximum absolute atomic E-state index is 13.2. The first kappa shape index (κ1) is 22.7. The number of aromatic nitrogens is 2. The van der Waals surface area contributed by atoms with Crippen molar-refractivity contribution in [1.29, 1.82) is 0 Å². The number of likely N-dealkylation sites (N-methyl/N-ethyl adjacent to an activating group) is 1. The zero-order valence-electron chi connectivity index (χ0n) is 19.5. The highest BCUT2D eigenvalue weighted by molar-refractivity contribution is 6.00. The first-order chi connectivity index (χ1) is 16.0. The molecule has 1 amide bonds. The molecule has 0 bridgehead atoms. The van der Waals surface area contributed by atoms with Crippen molar-refractivity contribution in [2.45, 2.75) is 12.5 Å². The van der Waals surface area contributed by atoms with Crippen molar-refractivity contribution in [3.05, 3.63) is 59.8 Å². The second kappa shape index (κ2) is 9.95. The first-order valence-corrected chi connectivity index (χ1v) is 11.0. The van der Waals surface area contributed by atoms with Crippen LogP contribution >= 0.6 is 0 Å². The maximum Gasteiger partial charge on any atom is 0.255 e. The maximum atomic E-state index is 13.2. The van der Waals surface area contributed by atoms with E-state index in [0.717, 1.165) is 23.3 Å². The Labute approximate surface area is 194 Å². The number of nitrogens with zero attached hydrogens (tertiary/aromatic N) is 3. The Balaban J connectivity index is 1.53. The highest BCUT2D eigenvalue weighted by atomic mass is 16.5. The number of ether oxygens (including phenoxy) is 3. The number of rotatable bonds is 7. The molecule has 4 rings (SSSR count). The van der Waals surface area contributed by atoms with Crippen LogP contribution in [0.1, 0.15) is 28.4 Å². The van der Waals surface area contributed by atoms with Gasteiger partial charge in [0.2, 0.25) is 0 Å². The summed E-state index contributed by atoms with van der Waals surface area (Å²) in [5, 5.41) is 7.63. The van der Waals surface area contributed by atoms with E-state index in [0.29, 0.717) is 42.5 Å². The highest BCUT2D eigenvalue weighted by Gasteiger charge is 2.22. The number of carbonyl (C=O) groups excluding carboxylic acids is 1. The summed E-state index contributed by atoms with van der Waals surface area (Å²) in [4.78, 5) is 15.3. The van der Waals surface area contributed by atoms with E-state index in [2.05, 4.69) is 15.3 Å². The van der Waals surface area contributed by atoms with E-state index in [1.54, 1.807) is 18.0 Å². The standard InChI is InChI=1S/C25H30N4O4/c1-28(2)21(17-6-9-19(31-4)10-7-17)15-26-25(30)20-16-29(3)27-24(20)18-8-11-22-23(14-18)33-13-5-12-32-22/h6-11,14,16,21H,5,12-13,15H2,1-4H3,(H,26,30). The molecule has 0 saturated carbocycles. The second-order valence-corrected chi connectivity index (χ2v) is 8.24. The lowest BCUT2D eigenvalue weighted by atomic mass is 10.0. The quantitative estimate of drug-likeness (QED) is 0.595. The summed E-state index contributed by atoms with van der Waals surface area (Å²) in [5.41, 5.74) is 3.02. The summed E-state index contributed by atoms with van der Waals surface area (Å²) in [6, 6.07) is 13.6. The normalized spacial score (nSPS) is 14.0. The van der Waals surface area contributed by atoms with Crippen LogP contribution in [0.15, 0.2) is 48.7 Å². The molecule has 1 aliphatic heterocycles. The van der Waals surface area contributed by atoms with Gasteiger partial charge < -0.3 is 24.4 Å². The molecule has 8 nitrogen and oxygen atoms in total. The predicted molar refractivity (Wildman–Crippen MR) is 126 cm³/mol. The molecule has 2 heterocycles. The van der Waals surface area contributed by atoms with Gasteiger partial charge in [0.25, 0.3) is 5.91 Å². The van der Waals surface area contributed by atoms with Crippen molar-refractivity contribution in [2.75, 3.05) is 41.0 Å². The lowest BCUT2D eigenvalue weighted by Gasteiger charge is -2.25. The van der Waals surface area contributed by atoms with E-state index < -0.39 is 0 Å². The molecule has 8 heteroatoms. The molecule has 3 aromatic rings. The van der Waals surface area contributed by atoms with E-state index in [1.807, 2.05) is 63.6 Å². The zero-order chi connectivity index (χ0) is 23.4. The largest absolute Gasteiger partial charge is 0.497 e. The van der Waals surface area contributed by atoms with Crippen molar-refractivity contribution < 1.29 is 19.0 Å². The van der Waals surface area contributed by atoms with E-state index in [-0.39, 0.29) is 11.9 Å². The summed E-state index contributed by atoms with van der Waals surface area (Å²) in [6.45, 7) is 1.68. The molecule has 1 atom stereocenters. The average Bonchev–Trinajstić information content (AvgIpc) is 3.06. The Morgan fingerprint density at radius 1 is 1.15 bits per heavy atom. The van der Waals surface area contributed by atoms with Crippen molar-refractivity contribution in [3.63, 3.8) is 0 Å². The van der Waals surface area contributed by atoms with Gasteiger partial charge >= 0.3 is 0 Å². The van der Waals surface area contributed by atoms with Crippen molar-refractivity contribution in [2.24, 2.45) is 7.05 Å². The Bertz CT molecular complexity index is 1110. The molecule has 0 aliphatic carbocycles. The van der Waals surface area contributed by atoms with Crippen LogP contribution in [0.5, 0.6) is 17.2 Å². The van der Waals surface area contributed by atoms with Gasteiger partial charge in [0, 0.05) is 31.8 Å². The van der Waals surface area contributed by atoms with Gasteiger partial charge in [-0.25, -0.2) is 0 Å². The third-order valence-corrected chi connectivity index (χ3v) is 5.67. The van der Waals surface area contributed by atoms with Crippen LogP contribution in [0.2, 0.25) is 0 Å². The number of fused-ring (bicyclic) bond motifs is 1. The summed E-state index contributed by atoms with van der Waals surface area (Å²) >= 11 is 0. The minimum atomic E-state index is -0.175. The average molecular weight is 451 g/mol. The Kier molecular flexibility index (Phi) is 6.84. The third kappa shape index (κ3) is 5.12. The molecule has 1 N–H and O–H groups in total. The Morgan fingerprint density at radius 2 is 1.88 bits per heavy atom. The van der Waals surface area contributed by atoms with Crippen molar-refractivity contribution in [3.8, 4) is 28.5 Å². The number of benzene rings is 2. The molecule has 1 unspecified atom stereocenters. The molecule has 0 saturated heterocycles. The van der Waals surface area contributed by atoms with Crippen molar-refractivity contribution in [1.82, 2.24) is 20.0 Å². The summed E-state index contributed by atoms with van der Waals surface area (Å²) in [5.74, 6) is 2.02. The zero-order valence-corrected chi connectivity index (χ0v) is 19.5. The topological polar surface area (TPSA) is 77.8 Å². The molecule has 0 spiro atoms. The smallest absolute Gasteiger partial charge is 0.255 e. The molecule has 33 heavy (non-hydrogen) atoms. The second-order valence-electron chi connectivity index (χ2n) is 8.24. The molecule has 174 valence electrons. The summed E-state index contributed by atoms with van der Waals surface area (Å²) in [7, 11) is 7.44. The summed E-state index contributed by atoms with van der Waals surface area (Å²) < 4.78 is 18.4. The monoisotopic (exact) mass is 450 g/mol. The first-order valence-electron chi connectivity index (χ1n) is 11.0. The minimum absolute atomic E-state index is 0.0121. The highest BCUT2D eigenvalue weighted by Crippen LogP contribution is 2.34. The van der Waals surface area contributed by atoms with Crippen LogP contribution in [-0.2, 0) is 7.05 Å². The van der Waals surface area contributed by atoms with Crippen LogP contribution in [0.3, 0.4) is 0 Å². The van der Waals surface area contributed by atoms with Crippen LogP contribution in [0.4, 0.5) is 0 Å². The Morgan fingerprint density at radius 3 is 2.58 bits per heavy atom. The van der Waals surface area contributed by atoms with Crippen LogP contribution in [0, 0.1) is 0 Å². The fourth-order valence-electron chi connectivity index (χ4n) is 3.89.